The minimum absolute atomic E-state index is 0.0979. The van der Waals surface area contributed by atoms with Crippen molar-refractivity contribution < 1.29 is 23.9 Å². The van der Waals surface area contributed by atoms with Crippen molar-refractivity contribution in [3.05, 3.63) is 47.8 Å². The highest BCUT2D eigenvalue weighted by molar-refractivity contribution is 5.89. The smallest absolute Gasteiger partial charge is 0.325 e. The molecule has 0 spiro atoms. The van der Waals surface area contributed by atoms with E-state index in [0.717, 1.165) is 22.0 Å². The molecule has 39 heavy (non-hydrogen) atoms. The molecule has 1 aromatic carbocycles. The van der Waals surface area contributed by atoms with Gasteiger partial charge in [0.25, 0.3) is 5.91 Å². The maximum atomic E-state index is 13.2. The summed E-state index contributed by atoms with van der Waals surface area (Å²) >= 11 is 0. The van der Waals surface area contributed by atoms with E-state index in [0.29, 0.717) is 26.0 Å². The van der Waals surface area contributed by atoms with Crippen LogP contribution in [0.1, 0.15) is 71.7 Å². The maximum Gasteiger partial charge on any atom is 0.325 e. The topological polar surface area (TPSA) is 110 Å². The van der Waals surface area contributed by atoms with Crippen molar-refractivity contribution in [1.29, 1.82) is 0 Å². The summed E-state index contributed by atoms with van der Waals surface area (Å²) in [4.78, 5) is 43.9. The lowest BCUT2D eigenvalue weighted by molar-refractivity contribution is -0.157. The molecule has 0 unspecified atom stereocenters. The number of carbonyl (C=O) groups excluding carboxylic acids is 3. The van der Waals surface area contributed by atoms with Gasteiger partial charge in [0.1, 0.15) is 24.3 Å². The van der Waals surface area contributed by atoms with Crippen molar-refractivity contribution in [2.24, 2.45) is 11.3 Å². The number of fused-ring (bicyclic) bond motifs is 4. The number of nitrogens with zero attached hydrogens (tertiary/aromatic N) is 2. The number of carbonyl (C=O) groups is 3. The van der Waals surface area contributed by atoms with Crippen LogP contribution in [0.25, 0.3) is 16.8 Å². The van der Waals surface area contributed by atoms with E-state index in [1.165, 1.54) is 5.01 Å². The van der Waals surface area contributed by atoms with Crippen LogP contribution in [0.4, 0.5) is 0 Å². The molecule has 0 aliphatic carbocycles. The molecule has 1 saturated heterocycles. The van der Waals surface area contributed by atoms with Gasteiger partial charge in [0.2, 0.25) is 5.91 Å². The first-order chi connectivity index (χ1) is 18.4. The molecule has 9 nitrogen and oxygen atoms in total. The van der Waals surface area contributed by atoms with E-state index < -0.39 is 30.3 Å². The summed E-state index contributed by atoms with van der Waals surface area (Å²) in [6.07, 6.45) is 5.79. The maximum absolute atomic E-state index is 13.2. The van der Waals surface area contributed by atoms with Crippen LogP contribution in [0.5, 0.6) is 0 Å². The Hall–Kier alpha value is -3.30. The summed E-state index contributed by atoms with van der Waals surface area (Å²) in [6, 6.07) is 6.47. The summed E-state index contributed by atoms with van der Waals surface area (Å²) in [5.74, 6) is -1.18. The lowest BCUT2D eigenvalue weighted by atomic mass is 9.93. The molecule has 0 radical (unpaired) electrons. The number of pyridine rings is 1. The fourth-order valence-corrected chi connectivity index (χ4v) is 4.79. The van der Waals surface area contributed by atoms with Crippen molar-refractivity contribution in [2.45, 2.75) is 78.7 Å². The number of hydrogen-bond donors (Lipinski definition) is 2. The number of amides is 2. The van der Waals surface area contributed by atoms with E-state index >= 15 is 0 Å². The summed E-state index contributed by atoms with van der Waals surface area (Å²) in [5.41, 5.74) is 4.31. The molecular formula is C30H40N4O5. The summed E-state index contributed by atoms with van der Waals surface area (Å²) in [5, 5.41) is 6.20. The first-order valence-electron chi connectivity index (χ1n) is 13.7. The third kappa shape index (κ3) is 7.02. The highest BCUT2D eigenvalue weighted by atomic mass is 16.5. The second kappa shape index (κ2) is 11.8. The molecule has 1 aromatic heterocycles. The molecule has 210 valence electrons. The zero-order valence-electron chi connectivity index (χ0n) is 23.7. The largest absolute Gasteiger partial charge is 0.457 e. The third-order valence-corrected chi connectivity index (χ3v) is 7.20. The van der Waals surface area contributed by atoms with Gasteiger partial charge in [-0.1, -0.05) is 45.9 Å². The van der Waals surface area contributed by atoms with E-state index in [9.17, 15) is 14.4 Å². The SMILES string of the molecule is CC(C)[C@@H]1OCC(C)(C)/C=C/c2cc3cc(ccc3cn2)[C@@H](C)OC(=O)[C@@H]2CCCN(N2)C(=O)[C@H](C)NC1=O. The van der Waals surface area contributed by atoms with Crippen molar-refractivity contribution in [3.8, 4) is 0 Å². The minimum atomic E-state index is -0.797. The fourth-order valence-electron chi connectivity index (χ4n) is 4.79. The standard InChI is InChI=1S/C30H40N4O5/c1-18(2)26-27(35)32-19(3)28(36)34-13-7-8-25(33-34)29(37)39-20(4)21-9-10-22-16-31-24(15-23(22)14-21)11-12-30(5,6)17-38-26/h9-12,14-16,18-20,25-26,33H,7-8,13,17H2,1-6H3,(H,32,35)/b12-11+/t19-,20+,25-,26-/m0/s1. The number of cyclic esters (lactones) is 1. The van der Waals surface area contributed by atoms with E-state index in [-0.39, 0.29) is 23.1 Å². The van der Waals surface area contributed by atoms with Crippen molar-refractivity contribution in [1.82, 2.24) is 20.7 Å². The molecular weight excluding hydrogens is 496 g/mol. The third-order valence-electron chi connectivity index (χ3n) is 7.20. The number of hydrogen-bond acceptors (Lipinski definition) is 7. The fraction of sp³-hybridized carbons (Fsp3) is 0.533. The molecule has 0 saturated carbocycles. The first-order valence-corrected chi connectivity index (χ1v) is 13.7. The van der Waals surface area contributed by atoms with Crippen LogP contribution in [0.15, 0.2) is 36.5 Å². The van der Waals surface area contributed by atoms with Crippen LogP contribution >= 0.6 is 0 Å². The van der Waals surface area contributed by atoms with Gasteiger partial charge in [0.05, 0.1) is 12.3 Å². The second-order valence-corrected chi connectivity index (χ2v) is 11.6. The number of aromatic nitrogens is 1. The number of ether oxygens (including phenoxy) is 2. The molecule has 2 aliphatic rings. The first kappa shape index (κ1) is 28.7. The van der Waals surface area contributed by atoms with Crippen LogP contribution in [0.3, 0.4) is 0 Å². The van der Waals surface area contributed by atoms with Crippen LogP contribution in [0, 0.1) is 11.3 Å². The van der Waals surface area contributed by atoms with Gasteiger partial charge in [-0.25, -0.2) is 5.43 Å². The van der Waals surface area contributed by atoms with Crippen molar-refractivity contribution >= 4 is 34.6 Å². The zero-order chi connectivity index (χ0) is 28.3. The highest BCUT2D eigenvalue weighted by Gasteiger charge is 2.34. The number of rotatable bonds is 1. The number of esters is 1. The molecule has 3 heterocycles. The van der Waals surface area contributed by atoms with E-state index in [1.54, 1.807) is 6.92 Å². The quantitative estimate of drug-likeness (QED) is 0.532. The molecule has 4 rings (SSSR count). The average molecular weight is 537 g/mol. The van der Waals surface area contributed by atoms with Gasteiger partial charge in [0.15, 0.2) is 0 Å². The average Bonchev–Trinajstić information content (AvgIpc) is 2.90. The zero-order valence-corrected chi connectivity index (χ0v) is 23.7. The summed E-state index contributed by atoms with van der Waals surface area (Å²) in [7, 11) is 0. The number of hydrazine groups is 1. The van der Waals surface area contributed by atoms with Crippen LogP contribution in [-0.2, 0) is 23.9 Å². The molecule has 5 bridgehead atoms. The Morgan fingerprint density at radius 2 is 1.87 bits per heavy atom. The van der Waals surface area contributed by atoms with Gasteiger partial charge in [-0.15, -0.1) is 0 Å². The Balaban J connectivity index is 1.67. The molecule has 2 aliphatic heterocycles. The van der Waals surface area contributed by atoms with Gasteiger partial charge >= 0.3 is 5.97 Å². The molecule has 2 aromatic rings. The van der Waals surface area contributed by atoms with Crippen molar-refractivity contribution in [2.75, 3.05) is 13.2 Å². The predicted octanol–water partition coefficient (Wildman–Crippen LogP) is 3.93. The van der Waals surface area contributed by atoms with Gasteiger partial charge in [0, 0.05) is 23.5 Å². The van der Waals surface area contributed by atoms with E-state index in [4.69, 9.17) is 9.47 Å². The number of nitrogens with one attached hydrogen (secondary N) is 2. The van der Waals surface area contributed by atoms with E-state index in [2.05, 4.69) is 15.7 Å². The van der Waals surface area contributed by atoms with Gasteiger partial charge in [-0.05, 0) is 61.8 Å². The van der Waals surface area contributed by atoms with Gasteiger partial charge < -0.3 is 14.8 Å². The van der Waals surface area contributed by atoms with Crippen LogP contribution in [0.2, 0.25) is 0 Å². The molecule has 1 fully saturated rings. The Labute approximate surface area is 230 Å². The lowest BCUT2D eigenvalue weighted by Crippen LogP contribution is -2.60. The van der Waals surface area contributed by atoms with Gasteiger partial charge in [-0.2, -0.15) is 0 Å². The summed E-state index contributed by atoms with van der Waals surface area (Å²) in [6.45, 7) is 12.1. The monoisotopic (exact) mass is 536 g/mol. The molecule has 2 N–H and O–H groups in total. The molecule has 9 heteroatoms. The number of benzene rings is 1. The van der Waals surface area contributed by atoms with Gasteiger partial charge in [-0.3, -0.25) is 24.4 Å². The Morgan fingerprint density at radius 3 is 2.62 bits per heavy atom. The lowest BCUT2D eigenvalue weighted by Gasteiger charge is -2.35. The van der Waals surface area contributed by atoms with Crippen molar-refractivity contribution in [3.63, 3.8) is 0 Å². The van der Waals surface area contributed by atoms with E-state index in [1.807, 2.05) is 77.2 Å². The summed E-state index contributed by atoms with van der Waals surface area (Å²) < 4.78 is 11.9. The van der Waals surface area contributed by atoms with Crippen LogP contribution in [-0.4, -0.2) is 59.1 Å². The molecule has 4 atom stereocenters. The van der Waals surface area contributed by atoms with Crippen LogP contribution < -0.4 is 10.7 Å². The Bertz CT molecular complexity index is 1260. The minimum Gasteiger partial charge on any atom is -0.457 e. The predicted molar refractivity (Wildman–Crippen MR) is 149 cm³/mol. The Kier molecular flexibility index (Phi) is 8.71. The second-order valence-electron chi connectivity index (χ2n) is 11.6. The molecule has 2 amide bonds. The normalized spacial score (nSPS) is 27.8. The highest BCUT2D eigenvalue weighted by Crippen LogP contribution is 2.26. The Morgan fingerprint density at radius 1 is 1.10 bits per heavy atom.